The highest BCUT2D eigenvalue weighted by molar-refractivity contribution is 14.1. The number of hydrogen-bond acceptors (Lipinski definition) is 2. The maximum Gasteiger partial charge on any atom is 0.119 e. The number of nitrogens with zero attached hydrogens (tertiary/aromatic N) is 1. The fourth-order valence-corrected chi connectivity index (χ4v) is 2.25. The van der Waals surface area contributed by atoms with Crippen molar-refractivity contribution in [3.05, 3.63) is 63.2 Å². The molecule has 2 aromatic rings. The lowest BCUT2D eigenvalue weighted by atomic mass is 10.1. The second kappa shape index (κ2) is 7.64. The van der Waals surface area contributed by atoms with Crippen molar-refractivity contribution in [3.8, 4) is 5.75 Å². The van der Waals surface area contributed by atoms with Gasteiger partial charge in [0.05, 0.1) is 0 Å². The molecule has 0 aliphatic carbocycles. The molecule has 0 spiro atoms. The van der Waals surface area contributed by atoms with E-state index in [1.807, 2.05) is 14.1 Å². The van der Waals surface area contributed by atoms with Gasteiger partial charge in [0, 0.05) is 10.1 Å². The number of halogens is 1. The summed E-state index contributed by atoms with van der Waals surface area (Å²) in [7, 11) is 4.10. The standard InChI is InChI=1S/C17H20INO/c1-19(2)11-12-20-17-9-5-15(6-10-17)13-14-3-7-16(18)8-4-14/h3-10H,11-13H2,1-2H3. The monoisotopic (exact) mass is 381 g/mol. The van der Waals surface area contributed by atoms with Gasteiger partial charge in [-0.25, -0.2) is 0 Å². The summed E-state index contributed by atoms with van der Waals surface area (Å²) in [5, 5.41) is 0. The lowest BCUT2D eigenvalue weighted by Gasteiger charge is -2.11. The predicted molar refractivity (Wildman–Crippen MR) is 92.5 cm³/mol. The fourth-order valence-electron chi connectivity index (χ4n) is 1.89. The van der Waals surface area contributed by atoms with Gasteiger partial charge in [-0.05, 0) is 78.5 Å². The summed E-state index contributed by atoms with van der Waals surface area (Å²) in [6.45, 7) is 1.66. The van der Waals surface area contributed by atoms with Crippen LogP contribution in [0, 0.1) is 3.57 Å². The minimum Gasteiger partial charge on any atom is -0.492 e. The van der Waals surface area contributed by atoms with E-state index < -0.39 is 0 Å². The lowest BCUT2D eigenvalue weighted by molar-refractivity contribution is 0.261. The van der Waals surface area contributed by atoms with Crippen LogP contribution in [0.15, 0.2) is 48.5 Å². The first kappa shape index (κ1) is 15.3. The summed E-state index contributed by atoms with van der Waals surface area (Å²) in [6.07, 6.45) is 0.967. The van der Waals surface area contributed by atoms with Gasteiger partial charge in [0.2, 0.25) is 0 Å². The van der Waals surface area contributed by atoms with Crippen molar-refractivity contribution >= 4 is 22.6 Å². The Kier molecular flexibility index (Phi) is 5.86. The van der Waals surface area contributed by atoms with E-state index in [1.54, 1.807) is 0 Å². The van der Waals surface area contributed by atoms with Crippen LogP contribution in [0.1, 0.15) is 11.1 Å². The van der Waals surface area contributed by atoms with E-state index in [1.165, 1.54) is 14.7 Å². The Bertz CT molecular complexity index is 520. The van der Waals surface area contributed by atoms with Gasteiger partial charge in [-0.3, -0.25) is 0 Å². The molecule has 2 nitrogen and oxygen atoms in total. The molecule has 0 saturated heterocycles. The smallest absolute Gasteiger partial charge is 0.119 e. The van der Waals surface area contributed by atoms with Gasteiger partial charge in [-0.15, -0.1) is 0 Å². The van der Waals surface area contributed by atoms with Gasteiger partial charge < -0.3 is 9.64 Å². The third-order valence-electron chi connectivity index (χ3n) is 3.05. The zero-order valence-corrected chi connectivity index (χ0v) is 14.1. The van der Waals surface area contributed by atoms with Crippen LogP contribution in [0.5, 0.6) is 5.75 Å². The van der Waals surface area contributed by atoms with Crippen molar-refractivity contribution < 1.29 is 4.74 Å². The third-order valence-corrected chi connectivity index (χ3v) is 3.77. The number of rotatable bonds is 6. The Labute approximate surface area is 134 Å². The Morgan fingerprint density at radius 3 is 2.00 bits per heavy atom. The molecule has 20 heavy (non-hydrogen) atoms. The quantitative estimate of drug-likeness (QED) is 0.706. The highest BCUT2D eigenvalue weighted by Crippen LogP contribution is 2.16. The topological polar surface area (TPSA) is 12.5 Å². The molecule has 0 bridgehead atoms. The van der Waals surface area contributed by atoms with Crippen molar-refractivity contribution in [2.75, 3.05) is 27.2 Å². The molecule has 2 rings (SSSR count). The molecule has 3 heteroatoms. The minimum absolute atomic E-state index is 0.726. The molecule has 2 aromatic carbocycles. The van der Waals surface area contributed by atoms with E-state index in [0.717, 1.165) is 25.3 Å². The number of ether oxygens (including phenoxy) is 1. The molecule has 0 amide bonds. The summed E-state index contributed by atoms with van der Waals surface area (Å²) < 4.78 is 6.97. The van der Waals surface area contributed by atoms with Crippen LogP contribution < -0.4 is 4.74 Å². The Morgan fingerprint density at radius 2 is 1.45 bits per heavy atom. The van der Waals surface area contributed by atoms with E-state index >= 15 is 0 Å². The summed E-state index contributed by atoms with van der Waals surface area (Å²) in [5.74, 6) is 0.943. The first-order chi connectivity index (χ1) is 9.63. The molecular formula is C17H20INO. The molecule has 0 atom stereocenters. The molecule has 0 radical (unpaired) electrons. The summed E-state index contributed by atoms with van der Waals surface area (Å²) in [6, 6.07) is 17.1. The second-order valence-electron chi connectivity index (χ2n) is 5.10. The summed E-state index contributed by atoms with van der Waals surface area (Å²) in [4.78, 5) is 2.12. The first-order valence-electron chi connectivity index (χ1n) is 6.74. The molecule has 0 aromatic heterocycles. The summed E-state index contributed by atoms with van der Waals surface area (Å²) >= 11 is 2.33. The maximum absolute atomic E-state index is 5.70. The molecule has 0 aliphatic heterocycles. The van der Waals surface area contributed by atoms with Crippen LogP contribution in [0.2, 0.25) is 0 Å². The van der Waals surface area contributed by atoms with Gasteiger partial charge >= 0.3 is 0 Å². The number of benzene rings is 2. The van der Waals surface area contributed by atoms with E-state index in [-0.39, 0.29) is 0 Å². The Balaban J connectivity index is 1.89. The van der Waals surface area contributed by atoms with Crippen LogP contribution in [0.4, 0.5) is 0 Å². The average Bonchev–Trinajstić information content (AvgIpc) is 2.43. The molecule has 106 valence electrons. The van der Waals surface area contributed by atoms with Gasteiger partial charge in [-0.2, -0.15) is 0 Å². The largest absolute Gasteiger partial charge is 0.492 e. The first-order valence-corrected chi connectivity index (χ1v) is 7.82. The van der Waals surface area contributed by atoms with E-state index in [0.29, 0.717) is 0 Å². The molecular weight excluding hydrogens is 361 g/mol. The molecule has 0 N–H and O–H groups in total. The van der Waals surface area contributed by atoms with E-state index in [2.05, 4.69) is 76.0 Å². The van der Waals surface area contributed by atoms with Crippen LogP contribution in [0.25, 0.3) is 0 Å². The van der Waals surface area contributed by atoms with Crippen LogP contribution in [-0.2, 0) is 6.42 Å². The fraction of sp³-hybridized carbons (Fsp3) is 0.294. The third kappa shape index (κ3) is 5.13. The Hall–Kier alpha value is -1.07. The van der Waals surface area contributed by atoms with Crippen molar-refractivity contribution in [1.29, 1.82) is 0 Å². The maximum atomic E-state index is 5.70. The highest BCUT2D eigenvalue weighted by atomic mass is 127. The zero-order chi connectivity index (χ0) is 14.4. The molecule has 0 unspecified atom stereocenters. The van der Waals surface area contributed by atoms with Gasteiger partial charge in [0.15, 0.2) is 0 Å². The molecule has 0 saturated carbocycles. The lowest BCUT2D eigenvalue weighted by Crippen LogP contribution is -2.19. The predicted octanol–water partition coefficient (Wildman–Crippen LogP) is 3.82. The van der Waals surface area contributed by atoms with Crippen molar-refractivity contribution in [3.63, 3.8) is 0 Å². The minimum atomic E-state index is 0.726. The summed E-state index contributed by atoms with van der Waals surface area (Å²) in [5.41, 5.74) is 2.65. The van der Waals surface area contributed by atoms with Gasteiger partial charge in [0.25, 0.3) is 0 Å². The van der Waals surface area contributed by atoms with Gasteiger partial charge in [-0.1, -0.05) is 24.3 Å². The van der Waals surface area contributed by atoms with Crippen molar-refractivity contribution in [2.45, 2.75) is 6.42 Å². The van der Waals surface area contributed by atoms with Gasteiger partial charge in [0.1, 0.15) is 12.4 Å². The van der Waals surface area contributed by atoms with Crippen molar-refractivity contribution in [2.24, 2.45) is 0 Å². The van der Waals surface area contributed by atoms with E-state index in [9.17, 15) is 0 Å². The van der Waals surface area contributed by atoms with Crippen LogP contribution >= 0.6 is 22.6 Å². The molecule has 0 aliphatic rings. The average molecular weight is 381 g/mol. The SMILES string of the molecule is CN(C)CCOc1ccc(Cc2ccc(I)cc2)cc1. The second-order valence-corrected chi connectivity index (χ2v) is 6.34. The Morgan fingerprint density at radius 1 is 0.900 bits per heavy atom. The zero-order valence-electron chi connectivity index (χ0n) is 12.0. The highest BCUT2D eigenvalue weighted by Gasteiger charge is 1.99. The number of likely N-dealkylation sites (N-methyl/N-ethyl adjacent to an activating group) is 1. The van der Waals surface area contributed by atoms with Crippen molar-refractivity contribution in [1.82, 2.24) is 4.90 Å². The molecule has 0 fully saturated rings. The number of hydrogen-bond donors (Lipinski definition) is 0. The van der Waals surface area contributed by atoms with Crippen LogP contribution in [0.3, 0.4) is 0 Å². The normalized spacial score (nSPS) is 10.8. The van der Waals surface area contributed by atoms with E-state index in [4.69, 9.17) is 4.74 Å². The molecule has 0 heterocycles. The van der Waals surface area contributed by atoms with Crippen LogP contribution in [-0.4, -0.2) is 32.1 Å².